The largest absolute Gasteiger partial charge is 0.496 e. The number of unbranched alkanes of at least 4 members (excludes halogenated alkanes) is 1. The highest BCUT2D eigenvalue weighted by atomic mass is 16.5. The van der Waals surface area contributed by atoms with Crippen LogP contribution in [-0.2, 0) is 6.54 Å². The van der Waals surface area contributed by atoms with E-state index in [1.807, 2.05) is 18.2 Å². The molecule has 2 N–H and O–H groups in total. The summed E-state index contributed by atoms with van der Waals surface area (Å²) in [7, 11) is 5.64. The summed E-state index contributed by atoms with van der Waals surface area (Å²) in [6.45, 7) is 5.94. The van der Waals surface area contributed by atoms with Crippen molar-refractivity contribution < 1.29 is 4.74 Å². The minimum Gasteiger partial charge on any atom is -0.496 e. The first-order valence-corrected chi connectivity index (χ1v) is 7.96. The molecule has 0 saturated heterocycles. The molecule has 0 heterocycles. The Morgan fingerprint density at radius 3 is 2.68 bits per heavy atom. The number of methoxy groups -OCH3 is 1. The first kappa shape index (κ1) is 18.3. The van der Waals surface area contributed by atoms with Gasteiger partial charge in [-0.1, -0.05) is 31.5 Å². The third-order valence-corrected chi connectivity index (χ3v) is 3.54. The minimum atomic E-state index is 0.690. The van der Waals surface area contributed by atoms with Crippen molar-refractivity contribution in [3.05, 3.63) is 29.8 Å². The molecule has 0 spiro atoms. The Hall–Kier alpha value is -1.75. The van der Waals surface area contributed by atoms with E-state index in [1.165, 1.54) is 12.8 Å². The van der Waals surface area contributed by atoms with Gasteiger partial charge in [-0.3, -0.25) is 4.99 Å². The summed E-state index contributed by atoms with van der Waals surface area (Å²) in [6, 6.07) is 8.01. The number of hydrogen-bond acceptors (Lipinski definition) is 3. The van der Waals surface area contributed by atoms with Gasteiger partial charge in [0.25, 0.3) is 0 Å². The van der Waals surface area contributed by atoms with Crippen LogP contribution in [0.2, 0.25) is 0 Å². The van der Waals surface area contributed by atoms with Gasteiger partial charge in [0.1, 0.15) is 5.75 Å². The monoisotopic (exact) mass is 306 g/mol. The highest BCUT2D eigenvalue weighted by Crippen LogP contribution is 2.16. The summed E-state index contributed by atoms with van der Waals surface area (Å²) in [4.78, 5) is 6.59. The molecule has 0 unspecified atom stereocenters. The molecule has 0 aromatic heterocycles. The number of benzene rings is 1. The Morgan fingerprint density at radius 1 is 1.23 bits per heavy atom. The number of guanidine groups is 1. The first-order valence-electron chi connectivity index (χ1n) is 7.96. The normalized spacial score (nSPS) is 11.6. The molecule has 5 heteroatoms. The maximum absolute atomic E-state index is 5.35. The first-order chi connectivity index (χ1) is 10.7. The van der Waals surface area contributed by atoms with E-state index < -0.39 is 0 Å². The van der Waals surface area contributed by atoms with Crippen LogP contribution in [0, 0.1) is 0 Å². The lowest BCUT2D eigenvalue weighted by Gasteiger charge is -2.18. The lowest BCUT2D eigenvalue weighted by atomic mass is 10.2. The molecule has 0 aliphatic carbocycles. The molecule has 1 aromatic rings. The van der Waals surface area contributed by atoms with E-state index >= 15 is 0 Å². The molecule has 0 fully saturated rings. The highest BCUT2D eigenvalue weighted by Gasteiger charge is 2.03. The number of likely N-dealkylation sites (N-methyl/N-ethyl adjacent to an activating group) is 1. The number of ether oxygens (including phenoxy) is 1. The van der Waals surface area contributed by atoms with Crippen molar-refractivity contribution in [3.63, 3.8) is 0 Å². The summed E-state index contributed by atoms with van der Waals surface area (Å²) in [5.74, 6) is 1.71. The van der Waals surface area contributed by atoms with Crippen molar-refractivity contribution in [1.82, 2.24) is 15.5 Å². The van der Waals surface area contributed by atoms with Crippen LogP contribution in [0.5, 0.6) is 5.75 Å². The smallest absolute Gasteiger partial charge is 0.191 e. The van der Waals surface area contributed by atoms with E-state index in [0.717, 1.165) is 36.9 Å². The summed E-state index contributed by atoms with van der Waals surface area (Å²) >= 11 is 0. The van der Waals surface area contributed by atoms with Crippen molar-refractivity contribution >= 4 is 5.96 Å². The second kappa shape index (κ2) is 10.9. The zero-order chi connectivity index (χ0) is 16.2. The van der Waals surface area contributed by atoms with E-state index in [2.05, 4.69) is 40.6 Å². The Bertz CT molecular complexity index is 448. The second-order valence-electron chi connectivity index (χ2n) is 5.32. The van der Waals surface area contributed by atoms with Gasteiger partial charge in [0.2, 0.25) is 0 Å². The van der Waals surface area contributed by atoms with Gasteiger partial charge < -0.3 is 20.3 Å². The van der Waals surface area contributed by atoms with Crippen LogP contribution in [0.1, 0.15) is 25.3 Å². The predicted octanol–water partition coefficient (Wildman–Crippen LogP) is 2.09. The number of hydrogen-bond donors (Lipinski definition) is 2. The molecular formula is C17H30N4O. The lowest BCUT2D eigenvalue weighted by molar-refractivity contribution is 0.332. The lowest BCUT2D eigenvalue weighted by Crippen LogP contribution is -2.40. The molecule has 0 aliphatic rings. The highest BCUT2D eigenvalue weighted by molar-refractivity contribution is 5.79. The molecule has 0 saturated carbocycles. The van der Waals surface area contributed by atoms with E-state index in [-0.39, 0.29) is 0 Å². The Balaban J connectivity index is 2.34. The SMILES string of the molecule is CCCCN(C)CCNC(=NC)NCc1ccccc1OC. The fraction of sp³-hybridized carbons (Fsp3) is 0.588. The number of aliphatic imine (C=N–C) groups is 1. The van der Waals surface area contributed by atoms with Gasteiger partial charge in [-0.15, -0.1) is 0 Å². The molecular weight excluding hydrogens is 276 g/mol. The predicted molar refractivity (Wildman–Crippen MR) is 93.6 cm³/mol. The van der Waals surface area contributed by atoms with E-state index in [9.17, 15) is 0 Å². The van der Waals surface area contributed by atoms with Gasteiger partial charge in [-0.25, -0.2) is 0 Å². The topological polar surface area (TPSA) is 48.9 Å². The van der Waals surface area contributed by atoms with Gasteiger partial charge in [0.05, 0.1) is 7.11 Å². The zero-order valence-electron chi connectivity index (χ0n) is 14.4. The molecule has 1 aromatic carbocycles. The number of rotatable bonds is 9. The van der Waals surface area contributed by atoms with Crippen molar-refractivity contribution in [1.29, 1.82) is 0 Å². The fourth-order valence-corrected chi connectivity index (χ4v) is 2.15. The molecule has 124 valence electrons. The molecule has 5 nitrogen and oxygen atoms in total. The number of nitrogens with one attached hydrogen (secondary N) is 2. The van der Waals surface area contributed by atoms with Crippen molar-refractivity contribution in [2.75, 3.05) is 40.8 Å². The zero-order valence-corrected chi connectivity index (χ0v) is 14.4. The fourth-order valence-electron chi connectivity index (χ4n) is 2.15. The van der Waals surface area contributed by atoms with Crippen LogP contribution in [0.3, 0.4) is 0 Å². The molecule has 22 heavy (non-hydrogen) atoms. The van der Waals surface area contributed by atoms with Crippen LogP contribution in [0.15, 0.2) is 29.3 Å². The Kier molecular flexibility index (Phi) is 9.07. The van der Waals surface area contributed by atoms with Gasteiger partial charge in [-0.2, -0.15) is 0 Å². The van der Waals surface area contributed by atoms with Gasteiger partial charge >= 0.3 is 0 Å². The van der Waals surface area contributed by atoms with Crippen LogP contribution >= 0.6 is 0 Å². The summed E-state index contributed by atoms with van der Waals surface area (Å²) in [5.41, 5.74) is 1.12. The third-order valence-electron chi connectivity index (χ3n) is 3.54. The summed E-state index contributed by atoms with van der Waals surface area (Å²) < 4.78 is 5.35. The third kappa shape index (κ3) is 6.80. The summed E-state index contributed by atoms with van der Waals surface area (Å²) in [6.07, 6.45) is 2.48. The van der Waals surface area contributed by atoms with Crippen molar-refractivity contribution in [2.45, 2.75) is 26.3 Å². The van der Waals surface area contributed by atoms with Crippen LogP contribution in [-0.4, -0.2) is 51.7 Å². The van der Waals surface area contributed by atoms with E-state index in [1.54, 1.807) is 14.2 Å². The van der Waals surface area contributed by atoms with Crippen molar-refractivity contribution in [3.8, 4) is 5.75 Å². The summed E-state index contributed by atoms with van der Waals surface area (Å²) in [5, 5.41) is 6.66. The van der Waals surface area contributed by atoms with Crippen LogP contribution in [0.4, 0.5) is 0 Å². The standard InChI is InChI=1S/C17H30N4O/c1-5-6-12-21(3)13-11-19-17(18-2)20-14-15-9-7-8-10-16(15)22-4/h7-10H,5-6,11-14H2,1-4H3,(H2,18,19,20). The van der Waals surface area contributed by atoms with Crippen LogP contribution in [0.25, 0.3) is 0 Å². The molecule has 0 atom stereocenters. The average Bonchev–Trinajstić information content (AvgIpc) is 2.56. The minimum absolute atomic E-state index is 0.690. The second-order valence-corrected chi connectivity index (χ2v) is 5.32. The van der Waals surface area contributed by atoms with E-state index in [4.69, 9.17) is 4.74 Å². The molecule has 0 radical (unpaired) electrons. The average molecular weight is 306 g/mol. The van der Waals surface area contributed by atoms with Crippen LogP contribution < -0.4 is 15.4 Å². The van der Waals surface area contributed by atoms with Gasteiger partial charge in [-0.05, 0) is 26.1 Å². The maximum Gasteiger partial charge on any atom is 0.191 e. The van der Waals surface area contributed by atoms with E-state index in [0.29, 0.717) is 6.54 Å². The number of para-hydroxylation sites is 1. The molecule has 0 amide bonds. The Morgan fingerprint density at radius 2 is 2.00 bits per heavy atom. The Labute approximate surface area is 134 Å². The molecule has 1 rings (SSSR count). The maximum atomic E-state index is 5.35. The van der Waals surface area contributed by atoms with Gasteiger partial charge in [0.15, 0.2) is 5.96 Å². The quantitative estimate of drug-likeness (QED) is 0.542. The molecule has 0 aliphatic heterocycles. The number of nitrogens with zero attached hydrogens (tertiary/aromatic N) is 2. The van der Waals surface area contributed by atoms with Gasteiger partial charge in [0, 0.05) is 32.2 Å². The van der Waals surface area contributed by atoms with Crippen molar-refractivity contribution in [2.24, 2.45) is 4.99 Å². The molecule has 0 bridgehead atoms.